The van der Waals surface area contributed by atoms with E-state index in [0.717, 1.165) is 6.54 Å². The minimum Gasteiger partial charge on any atom is -0.296 e. The molecular formula is C15H20N2. The predicted molar refractivity (Wildman–Crippen MR) is 70.8 cm³/mol. The third-order valence-electron chi connectivity index (χ3n) is 3.80. The Kier molecular flexibility index (Phi) is 3.00. The summed E-state index contributed by atoms with van der Waals surface area (Å²) in [6.07, 6.45) is 2.44. The first kappa shape index (κ1) is 11.0. The molecule has 2 aliphatic heterocycles. The molecule has 0 unspecified atom stereocenters. The van der Waals surface area contributed by atoms with E-state index in [1.807, 2.05) is 0 Å². The highest BCUT2D eigenvalue weighted by atomic mass is 15.3. The molecule has 17 heavy (non-hydrogen) atoms. The van der Waals surface area contributed by atoms with Gasteiger partial charge in [-0.15, -0.1) is 0 Å². The van der Waals surface area contributed by atoms with Gasteiger partial charge < -0.3 is 0 Å². The van der Waals surface area contributed by atoms with E-state index in [1.165, 1.54) is 37.3 Å². The number of nitrogens with zero attached hydrogens (tertiary/aromatic N) is 2. The molecule has 0 N–H and O–H groups in total. The van der Waals surface area contributed by atoms with Crippen LogP contribution in [-0.4, -0.2) is 42.0 Å². The fraction of sp³-hybridized carbons (Fsp3) is 0.467. The maximum atomic E-state index is 2.59. The van der Waals surface area contributed by atoms with Gasteiger partial charge in [-0.3, -0.25) is 9.80 Å². The van der Waals surface area contributed by atoms with E-state index in [2.05, 4.69) is 53.1 Å². The highest BCUT2D eigenvalue weighted by Gasteiger charge is 2.28. The molecule has 0 saturated carbocycles. The zero-order valence-corrected chi connectivity index (χ0v) is 10.5. The van der Waals surface area contributed by atoms with Crippen molar-refractivity contribution in [2.75, 3.05) is 26.2 Å². The van der Waals surface area contributed by atoms with Crippen molar-refractivity contribution in [3.63, 3.8) is 0 Å². The summed E-state index contributed by atoms with van der Waals surface area (Å²) in [5.74, 6) is 0. The Hall–Kier alpha value is -1.12. The SMILES string of the molecule is CC1=C[C@H]2CN(Cc3ccccc3)CCN2C1. The average molecular weight is 228 g/mol. The Bertz CT molecular complexity index is 410. The van der Waals surface area contributed by atoms with Gasteiger partial charge in [-0.2, -0.15) is 0 Å². The second kappa shape index (κ2) is 4.63. The van der Waals surface area contributed by atoms with Gasteiger partial charge in [0.15, 0.2) is 0 Å². The van der Waals surface area contributed by atoms with Crippen molar-refractivity contribution >= 4 is 0 Å². The molecule has 0 spiro atoms. The van der Waals surface area contributed by atoms with Crippen LogP contribution in [0.5, 0.6) is 0 Å². The molecule has 0 radical (unpaired) electrons. The van der Waals surface area contributed by atoms with Crippen molar-refractivity contribution < 1.29 is 0 Å². The van der Waals surface area contributed by atoms with Crippen LogP contribution in [0.1, 0.15) is 12.5 Å². The molecule has 2 heterocycles. The lowest BCUT2D eigenvalue weighted by Gasteiger charge is -2.37. The van der Waals surface area contributed by atoms with Gasteiger partial charge in [0.05, 0.1) is 0 Å². The molecule has 1 saturated heterocycles. The predicted octanol–water partition coefficient (Wildman–Crippen LogP) is 2.13. The van der Waals surface area contributed by atoms with E-state index in [4.69, 9.17) is 0 Å². The van der Waals surface area contributed by atoms with Crippen LogP contribution in [0.4, 0.5) is 0 Å². The Morgan fingerprint density at radius 2 is 2.00 bits per heavy atom. The van der Waals surface area contributed by atoms with E-state index in [1.54, 1.807) is 0 Å². The monoisotopic (exact) mass is 228 g/mol. The maximum Gasteiger partial charge on any atom is 0.0412 e. The Balaban J connectivity index is 1.63. The van der Waals surface area contributed by atoms with E-state index < -0.39 is 0 Å². The molecule has 3 rings (SSSR count). The molecule has 1 aromatic carbocycles. The molecule has 0 bridgehead atoms. The summed E-state index contributed by atoms with van der Waals surface area (Å²) in [7, 11) is 0. The number of rotatable bonds is 2. The highest BCUT2D eigenvalue weighted by Crippen LogP contribution is 2.21. The van der Waals surface area contributed by atoms with Gasteiger partial charge in [-0.1, -0.05) is 42.0 Å². The molecule has 0 aliphatic carbocycles. The van der Waals surface area contributed by atoms with Gasteiger partial charge in [0.2, 0.25) is 0 Å². The second-order valence-electron chi connectivity index (χ2n) is 5.27. The van der Waals surface area contributed by atoms with Crippen LogP contribution in [0.25, 0.3) is 0 Å². The van der Waals surface area contributed by atoms with Gasteiger partial charge in [-0.25, -0.2) is 0 Å². The van der Waals surface area contributed by atoms with Crippen LogP contribution in [0, 0.1) is 0 Å². The minimum absolute atomic E-state index is 0.660. The fourth-order valence-electron chi connectivity index (χ4n) is 2.95. The zero-order chi connectivity index (χ0) is 11.7. The topological polar surface area (TPSA) is 6.48 Å². The fourth-order valence-corrected chi connectivity index (χ4v) is 2.95. The molecule has 1 aromatic rings. The first-order chi connectivity index (χ1) is 8.31. The highest BCUT2D eigenvalue weighted by molar-refractivity contribution is 5.18. The van der Waals surface area contributed by atoms with Crippen LogP contribution in [-0.2, 0) is 6.54 Å². The summed E-state index contributed by atoms with van der Waals surface area (Å²) in [4.78, 5) is 5.17. The summed E-state index contributed by atoms with van der Waals surface area (Å²) in [5.41, 5.74) is 2.97. The minimum atomic E-state index is 0.660. The summed E-state index contributed by atoms with van der Waals surface area (Å²) in [6.45, 7) is 8.13. The number of benzene rings is 1. The lowest BCUT2D eigenvalue weighted by molar-refractivity contribution is 0.110. The van der Waals surface area contributed by atoms with Crippen LogP contribution < -0.4 is 0 Å². The molecule has 0 aromatic heterocycles. The quantitative estimate of drug-likeness (QED) is 0.716. The van der Waals surface area contributed by atoms with E-state index in [9.17, 15) is 0 Å². The van der Waals surface area contributed by atoms with Crippen molar-refractivity contribution in [2.45, 2.75) is 19.5 Å². The van der Waals surface area contributed by atoms with Crippen LogP contribution >= 0.6 is 0 Å². The number of fused-ring (bicyclic) bond motifs is 1. The Morgan fingerprint density at radius 1 is 1.18 bits per heavy atom. The third-order valence-corrected chi connectivity index (χ3v) is 3.80. The largest absolute Gasteiger partial charge is 0.296 e. The molecule has 2 nitrogen and oxygen atoms in total. The lowest BCUT2D eigenvalue weighted by Crippen LogP contribution is -2.49. The van der Waals surface area contributed by atoms with E-state index >= 15 is 0 Å². The van der Waals surface area contributed by atoms with Gasteiger partial charge in [0, 0.05) is 38.8 Å². The van der Waals surface area contributed by atoms with Crippen molar-refractivity contribution in [3.8, 4) is 0 Å². The first-order valence-electron chi connectivity index (χ1n) is 6.49. The van der Waals surface area contributed by atoms with E-state index in [0.29, 0.717) is 6.04 Å². The summed E-state index contributed by atoms with van der Waals surface area (Å²) >= 11 is 0. The number of piperazine rings is 1. The molecule has 1 atom stereocenters. The molecule has 0 amide bonds. The molecule has 2 heteroatoms. The van der Waals surface area contributed by atoms with Crippen molar-refractivity contribution in [1.82, 2.24) is 9.80 Å². The van der Waals surface area contributed by atoms with Crippen LogP contribution in [0.2, 0.25) is 0 Å². The normalized spacial score (nSPS) is 25.7. The van der Waals surface area contributed by atoms with Crippen LogP contribution in [0.3, 0.4) is 0 Å². The van der Waals surface area contributed by atoms with E-state index in [-0.39, 0.29) is 0 Å². The van der Waals surface area contributed by atoms with Crippen molar-refractivity contribution in [2.24, 2.45) is 0 Å². The number of hydrogen-bond donors (Lipinski definition) is 0. The smallest absolute Gasteiger partial charge is 0.0412 e. The lowest BCUT2D eigenvalue weighted by atomic mass is 10.1. The van der Waals surface area contributed by atoms with Crippen molar-refractivity contribution in [1.29, 1.82) is 0 Å². The molecule has 2 aliphatic rings. The summed E-state index contributed by atoms with van der Waals surface area (Å²) in [6, 6.07) is 11.5. The van der Waals surface area contributed by atoms with Gasteiger partial charge in [-0.05, 0) is 12.5 Å². The number of hydrogen-bond acceptors (Lipinski definition) is 2. The van der Waals surface area contributed by atoms with Gasteiger partial charge in [0.25, 0.3) is 0 Å². The maximum absolute atomic E-state index is 2.59. The zero-order valence-electron chi connectivity index (χ0n) is 10.5. The standard InChI is InChI=1S/C15H20N2/c1-13-9-15-12-16(7-8-17(15)10-13)11-14-5-3-2-4-6-14/h2-6,9,15H,7-8,10-12H2,1H3/t15-/m0/s1. The second-order valence-corrected chi connectivity index (χ2v) is 5.27. The molecule has 90 valence electrons. The average Bonchev–Trinajstić information content (AvgIpc) is 2.70. The van der Waals surface area contributed by atoms with Crippen molar-refractivity contribution in [3.05, 3.63) is 47.5 Å². The van der Waals surface area contributed by atoms with Gasteiger partial charge in [0.1, 0.15) is 0 Å². The molecule has 1 fully saturated rings. The summed E-state index contributed by atoms with van der Waals surface area (Å²) in [5, 5.41) is 0. The first-order valence-corrected chi connectivity index (χ1v) is 6.49. The Labute approximate surface area is 104 Å². The van der Waals surface area contributed by atoms with Gasteiger partial charge >= 0.3 is 0 Å². The Morgan fingerprint density at radius 3 is 2.82 bits per heavy atom. The third kappa shape index (κ3) is 2.43. The molecular weight excluding hydrogens is 208 g/mol. The van der Waals surface area contributed by atoms with Crippen LogP contribution in [0.15, 0.2) is 42.0 Å². The summed E-state index contributed by atoms with van der Waals surface area (Å²) < 4.78 is 0.